The third kappa shape index (κ3) is 1.62. The van der Waals surface area contributed by atoms with E-state index in [0.717, 1.165) is 5.56 Å². The predicted molar refractivity (Wildman–Crippen MR) is 42.6 cm³/mol. The van der Waals surface area contributed by atoms with Gasteiger partial charge in [0.1, 0.15) is 5.69 Å². The van der Waals surface area contributed by atoms with Crippen molar-refractivity contribution in [3.63, 3.8) is 0 Å². The van der Waals surface area contributed by atoms with Gasteiger partial charge in [0.05, 0.1) is 6.61 Å². The van der Waals surface area contributed by atoms with Crippen molar-refractivity contribution in [3.8, 4) is 0 Å². The highest BCUT2D eigenvalue weighted by molar-refractivity contribution is 5.47. The van der Waals surface area contributed by atoms with Gasteiger partial charge in [-0.15, -0.1) is 4.91 Å². The first-order valence-electron chi connectivity index (χ1n) is 3.31. The molecule has 0 unspecified atom stereocenters. The summed E-state index contributed by atoms with van der Waals surface area (Å²) in [4.78, 5) is 10.2. The van der Waals surface area contributed by atoms with Gasteiger partial charge in [-0.2, -0.15) is 0 Å². The molecule has 0 fully saturated rings. The largest absolute Gasteiger partial charge is 0.392 e. The Kier molecular flexibility index (Phi) is 2.33. The number of hydrogen-bond donors (Lipinski definition) is 1. The summed E-state index contributed by atoms with van der Waals surface area (Å²) < 4.78 is 0. The molecule has 3 nitrogen and oxygen atoms in total. The molecule has 0 heterocycles. The van der Waals surface area contributed by atoms with E-state index in [-0.39, 0.29) is 6.61 Å². The summed E-state index contributed by atoms with van der Waals surface area (Å²) in [7, 11) is 0. The summed E-state index contributed by atoms with van der Waals surface area (Å²) in [6, 6.07) is 5.12. The van der Waals surface area contributed by atoms with E-state index in [0.29, 0.717) is 11.3 Å². The van der Waals surface area contributed by atoms with Crippen LogP contribution in [-0.2, 0) is 6.61 Å². The Hall–Kier alpha value is -1.22. The van der Waals surface area contributed by atoms with Gasteiger partial charge in [0, 0.05) is 0 Å². The Morgan fingerprint density at radius 1 is 1.55 bits per heavy atom. The number of aryl methyl sites for hydroxylation is 1. The van der Waals surface area contributed by atoms with Crippen molar-refractivity contribution in [1.29, 1.82) is 0 Å². The Morgan fingerprint density at radius 3 is 2.82 bits per heavy atom. The van der Waals surface area contributed by atoms with Crippen LogP contribution in [0.4, 0.5) is 5.69 Å². The molecule has 0 aromatic heterocycles. The van der Waals surface area contributed by atoms with Crippen LogP contribution in [-0.4, -0.2) is 5.11 Å². The third-order valence-electron chi connectivity index (χ3n) is 1.55. The molecule has 1 aromatic carbocycles. The van der Waals surface area contributed by atoms with Crippen LogP contribution < -0.4 is 0 Å². The maximum absolute atomic E-state index is 10.2. The number of benzene rings is 1. The van der Waals surface area contributed by atoms with Crippen molar-refractivity contribution in [3.05, 3.63) is 34.2 Å². The number of nitrogens with zero attached hydrogens (tertiary/aromatic N) is 1. The summed E-state index contributed by atoms with van der Waals surface area (Å²) in [5, 5.41) is 11.5. The molecule has 0 atom stereocenters. The van der Waals surface area contributed by atoms with Crippen LogP contribution in [0.25, 0.3) is 0 Å². The zero-order valence-corrected chi connectivity index (χ0v) is 6.24. The van der Waals surface area contributed by atoms with Crippen molar-refractivity contribution in [2.45, 2.75) is 13.5 Å². The van der Waals surface area contributed by atoms with E-state index in [1.165, 1.54) is 0 Å². The summed E-state index contributed by atoms with van der Waals surface area (Å²) in [6.45, 7) is 1.75. The molecule has 1 N–H and O–H groups in total. The smallest absolute Gasteiger partial charge is 0.111 e. The fourth-order valence-electron chi connectivity index (χ4n) is 0.852. The molecule has 1 rings (SSSR count). The van der Waals surface area contributed by atoms with Gasteiger partial charge in [-0.1, -0.05) is 12.1 Å². The molecule has 0 amide bonds. The number of nitroso groups, excluding NO2 is 1. The van der Waals surface area contributed by atoms with Crippen LogP contribution in [0.5, 0.6) is 0 Å². The lowest BCUT2D eigenvalue weighted by atomic mass is 10.1. The minimum atomic E-state index is -0.0528. The second-order valence-electron chi connectivity index (χ2n) is 2.37. The number of aliphatic hydroxyl groups excluding tert-OH is 1. The fraction of sp³-hybridized carbons (Fsp3) is 0.250. The van der Waals surface area contributed by atoms with E-state index >= 15 is 0 Å². The summed E-state index contributed by atoms with van der Waals surface area (Å²) in [6.07, 6.45) is 0. The van der Waals surface area contributed by atoms with Gasteiger partial charge in [-0.25, -0.2) is 0 Å². The Morgan fingerprint density at radius 2 is 2.27 bits per heavy atom. The van der Waals surface area contributed by atoms with E-state index in [2.05, 4.69) is 5.18 Å². The van der Waals surface area contributed by atoms with E-state index in [4.69, 9.17) is 5.11 Å². The van der Waals surface area contributed by atoms with Crippen LogP contribution in [0, 0.1) is 11.8 Å². The van der Waals surface area contributed by atoms with Gasteiger partial charge in [-0.3, -0.25) is 0 Å². The summed E-state index contributed by atoms with van der Waals surface area (Å²) >= 11 is 0. The minimum Gasteiger partial charge on any atom is -0.392 e. The molecule has 11 heavy (non-hydrogen) atoms. The van der Waals surface area contributed by atoms with Crippen molar-refractivity contribution in [1.82, 2.24) is 0 Å². The maximum atomic E-state index is 10.2. The third-order valence-corrected chi connectivity index (χ3v) is 1.55. The molecule has 0 bridgehead atoms. The normalized spacial score (nSPS) is 9.64. The molecule has 0 aliphatic carbocycles. The highest BCUT2D eigenvalue weighted by Crippen LogP contribution is 2.19. The number of rotatable bonds is 2. The first-order valence-corrected chi connectivity index (χ1v) is 3.31. The second-order valence-corrected chi connectivity index (χ2v) is 2.37. The minimum absolute atomic E-state index is 0.0528. The summed E-state index contributed by atoms with van der Waals surface area (Å²) in [5.41, 5.74) is 1.94. The molecule has 58 valence electrons. The van der Waals surface area contributed by atoms with E-state index < -0.39 is 0 Å². The molecule has 1 aromatic rings. The number of aliphatic hydroxyl groups is 1. The van der Waals surface area contributed by atoms with Gasteiger partial charge in [0.25, 0.3) is 0 Å². The highest BCUT2D eigenvalue weighted by atomic mass is 16.3. The van der Waals surface area contributed by atoms with E-state index in [9.17, 15) is 4.91 Å². The zero-order valence-electron chi connectivity index (χ0n) is 6.24. The topological polar surface area (TPSA) is 49.7 Å². The Labute approximate surface area is 64.7 Å². The molecule has 0 aliphatic heterocycles. The fourth-order valence-corrected chi connectivity index (χ4v) is 0.852. The molecule has 0 aliphatic rings. The number of hydrogen-bond acceptors (Lipinski definition) is 3. The lowest BCUT2D eigenvalue weighted by Crippen LogP contribution is -1.82. The molecule has 0 radical (unpaired) electrons. The standard InChI is InChI=1S/C8H9NO2/c1-6-2-3-7(5-10)4-8(6)9-11/h2-4,10H,5H2,1H3. The molecule has 0 spiro atoms. The van der Waals surface area contributed by atoms with Crippen molar-refractivity contribution in [2.24, 2.45) is 5.18 Å². The Balaban J connectivity index is 3.12. The van der Waals surface area contributed by atoms with Crippen LogP contribution in [0.3, 0.4) is 0 Å². The maximum Gasteiger partial charge on any atom is 0.111 e. The van der Waals surface area contributed by atoms with Gasteiger partial charge >= 0.3 is 0 Å². The van der Waals surface area contributed by atoms with Crippen molar-refractivity contribution < 1.29 is 5.11 Å². The zero-order chi connectivity index (χ0) is 8.27. The molecule has 0 saturated heterocycles. The van der Waals surface area contributed by atoms with E-state index in [1.54, 1.807) is 25.1 Å². The van der Waals surface area contributed by atoms with Crippen LogP contribution in [0.1, 0.15) is 11.1 Å². The molecule has 0 saturated carbocycles. The first-order chi connectivity index (χ1) is 5.27. The Bertz CT molecular complexity index is 271. The van der Waals surface area contributed by atoms with Crippen molar-refractivity contribution >= 4 is 5.69 Å². The molecular weight excluding hydrogens is 142 g/mol. The second kappa shape index (κ2) is 3.25. The van der Waals surface area contributed by atoms with Gasteiger partial charge in [-0.05, 0) is 29.3 Å². The van der Waals surface area contributed by atoms with Gasteiger partial charge in [0.2, 0.25) is 0 Å². The van der Waals surface area contributed by atoms with Crippen LogP contribution in [0.2, 0.25) is 0 Å². The quantitative estimate of drug-likeness (QED) is 0.656. The van der Waals surface area contributed by atoms with Crippen LogP contribution >= 0.6 is 0 Å². The van der Waals surface area contributed by atoms with E-state index in [1.807, 2.05) is 0 Å². The van der Waals surface area contributed by atoms with Crippen LogP contribution in [0.15, 0.2) is 23.4 Å². The van der Waals surface area contributed by atoms with Gasteiger partial charge in [0.15, 0.2) is 0 Å². The first kappa shape index (κ1) is 7.88. The average molecular weight is 151 g/mol. The highest BCUT2D eigenvalue weighted by Gasteiger charge is 1.98. The molecule has 3 heteroatoms. The summed E-state index contributed by atoms with van der Waals surface area (Å²) in [5.74, 6) is 0. The predicted octanol–water partition coefficient (Wildman–Crippen LogP) is 1.89. The van der Waals surface area contributed by atoms with Crippen molar-refractivity contribution in [2.75, 3.05) is 0 Å². The van der Waals surface area contributed by atoms with Gasteiger partial charge < -0.3 is 5.11 Å². The lowest BCUT2D eigenvalue weighted by Gasteiger charge is -1.98. The molecular formula is C8H9NO2. The lowest BCUT2D eigenvalue weighted by molar-refractivity contribution is 0.282. The SMILES string of the molecule is Cc1ccc(CO)cc1N=O. The monoisotopic (exact) mass is 151 g/mol. The average Bonchev–Trinajstić information content (AvgIpc) is 2.05.